The van der Waals surface area contributed by atoms with Gasteiger partial charge < -0.3 is 19.4 Å². The molecule has 146 valence electrons. The quantitative estimate of drug-likeness (QED) is 0.563. The molecule has 2 heterocycles. The molecule has 0 saturated heterocycles. The molecule has 1 N–H and O–H groups in total. The van der Waals surface area contributed by atoms with Crippen LogP contribution in [0.15, 0.2) is 54.9 Å². The van der Waals surface area contributed by atoms with Crippen LogP contribution in [0.2, 0.25) is 0 Å². The summed E-state index contributed by atoms with van der Waals surface area (Å²) in [7, 11) is 5.07. The maximum atomic E-state index is 12.6. The SMILES string of the molecule is COc1ccc(C(=O)Nc2ncnc3c2nc(-c2ccc(OC)cc2)n3C)cc1. The molecule has 0 aliphatic rings. The highest BCUT2D eigenvalue weighted by Gasteiger charge is 2.17. The minimum Gasteiger partial charge on any atom is -0.497 e. The van der Waals surface area contributed by atoms with Crippen LogP contribution in [0.4, 0.5) is 5.82 Å². The average molecular weight is 389 g/mol. The molecule has 0 atom stereocenters. The van der Waals surface area contributed by atoms with Crippen LogP contribution in [-0.4, -0.2) is 39.6 Å². The number of aromatic nitrogens is 4. The van der Waals surface area contributed by atoms with Gasteiger partial charge in [-0.1, -0.05) is 0 Å². The third-order valence-corrected chi connectivity index (χ3v) is 4.59. The monoisotopic (exact) mass is 389 g/mol. The molecule has 0 radical (unpaired) electrons. The van der Waals surface area contributed by atoms with Gasteiger partial charge in [-0.2, -0.15) is 0 Å². The summed E-state index contributed by atoms with van der Waals surface area (Å²) in [6.07, 6.45) is 1.41. The molecule has 1 amide bonds. The first-order valence-corrected chi connectivity index (χ1v) is 8.88. The molecule has 0 bridgehead atoms. The number of benzene rings is 2. The summed E-state index contributed by atoms with van der Waals surface area (Å²) in [5, 5.41) is 2.82. The summed E-state index contributed by atoms with van der Waals surface area (Å²) in [4.78, 5) is 25.8. The molecule has 8 heteroatoms. The number of amides is 1. The van der Waals surface area contributed by atoms with Gasteiger partial charge in [0.05, 0.1) is 14.2 Å². The first-order valence-electron chi connectivity index (χ1n) is 8.88. The second kappa shape index (κ2) is 7.59. The Balaban J connectivity index is 1.69. The zero-order valence-corrected chi connectivity index (χ0v) is 16.2. The predicted octanol–water partition coefficient (Wildman–Crippen LogP) is 3.30. The first-order chi connectivity index (χ1) is 14.1. The molecule has 4 aromatic rings. The van der Waals surface area contributed by atoms with Gasteiger partial charge in [0.15, 0.2) is 17.0 Å². The van der Waals surface area contributed by atoms with Crippen LogP contribution < -0.4 is 14.8 Å². The Hall–Kier alpha value is -3.94. The number of rotatable bonds is 5. The third-order valence-electron chi connectivity index (χ3n) is 4.59. The van der Waals surface area contributed by atoms with Crippen LogP contribution in [0.3, 0.4) is 0 Å². The van der Waals surface area contributed by atoms with E-state index in [1.807, 2.05) is 35.9 Å². The zero-order chi connectivity index (χ0) is 20.4. The lowest BCUT2D eigenvalue weighted by molar-refractivity contribution is 0.102. The van der Waals surface area contributed by atoms with Crippen LogP contribution in [0.5, 0.6) is 11.5 Å². The molecule has 0 aliphatic carbocycles. The molecule has 4 rings (SSSR count). The molecule has 0 spiro atoms. The molecular formula is C21H19N5O3. The normalized spacial score (nSPS) is 10.7. The lowest BCUT2D eigenvalue weighted by Gasteiger charge is -2.05. The van der Waals surface area contributed by atoms with Crippen LogP contribution >= 0.6 is 0 Å². The van der Waals surface area contributed by atoms with E-state index in [1.54, 1.807) is 38.5 Å². The van der Waals surface area contributed by atoms with Gasteiger partial charge in [-0.05, 0) is 48.5 Å². The van der Waals surface area contributed by atoms with Crippen molar-refractivity contribution in [3.8, 4) is 22.9 Å². The van der Waals surface area contributed by atoms with E-state index in [-0.39, 0.29) is 5.91 Å². The highest BCUT2D eigenvalue weighted by Crippen LogP contribution is 2.27. The summed E-state index contributed by atoms with van der Waals surface area (Å²) in [5.41, 5.74) is 2.53. The highest BCUT2D eigenvalue weighted by molar-refractivity contribution is 6.07. The number of hydrogen-bond donors (Lipinski definition) is 1. The maximum absolute atomic E-state index is 12.6. The Kier molecular flexibility index (Phi) is 4.82. The molecule has 8 nitrogen and oxygen atoms in total. The van der Waals surface area contributed by atoms with Gasteiger partial charge >= 0.3 is 0 Å². The predicted molar refractivity (Wildman–Crippen MR) is 109 cm³/mol. The molecule has 0 aliphatic heterocycles. The fourth-order valence-electron chi connectivity index (χ4n) is 3.01. The van der Waals surface area contributed by atoms with E-state index in [4.69, 9.17) is 9.47 Å². The van der Waals surface area contributed by atoms with Crippen LogP contribution in [0.25, 0.3) is 22.6 Å². The zero-order valence-electron chi connectivity index (χ0n) is 16.2. The standard InChI is InChI=1S/C21H19N5O3/c1-26-19(13-4-8-15(28-2)9-5-13)24-17-18(22-12-23-20(17)26)25-21(27)14-6-10-16(29-3)11-7-14/h4-12H,1-3H3,(H,22,23,25,27). The number of imidazole rings is 1. The Morgan fingerprint density at radius 3 is 2.17 bits per heavy atom. The van der Waals surface area contributed by atoms with Gasteiger partial charge in [-0.25, -0.2) is 15.0 Å². The number of nitrogens with zero attached hydrogens (tertiary/aromatic N) is 4. The summed E-state index contributed by atoms with van der Waals surface area (Å²) < 4.78 is 12.2. The summed E-state index contributed by atoms with van der Waals surface area (Å²) in [6.45, 7) is 0. The van der Waals surface area contributed by atoms with Crippen molar-refractivity contribution in [1.82, 2.24) is 19.5 Å². The number of carbonyl (C=O) groups is 1. The van der Waals surface area contributed by atoms with Gasteiger partial charge in [0.1, 0.15) is 23.7 Å². The van der Waals surface area contributed by atoms with E-state index in [0.29, 0.717) is 34.1 Å². The molecule has 2 aromatic heterocycles. The number of nitrogens with one attached hydrogen (secondary N) is 1. The van der Waals surface area contributed by atoms with E-state index in [1.165, 1.54) is 6.33 Å². The van der Waals surface area contributed by atoms with Gasteiger partial charge in [-0.15, -0.1) is 0 Å². The van der Waals surface area contributed by atoms with Crippen LogP contribution in [0, 0.1) is 0 Å². The van der Waals surface area contributed by atoms with E-state index >= 15 is 0 Å². The molecule has 2 aromatic carbocycles. The van der Waals surface area contributed by atoms with Crippen molar-refractivity contribution in [1.29, 1.82) is 0 Å². The van der Waals surface area contributed by atoms with Gasteiger partial charge in [0.2, 0.25) is 0 Å². The second-order valence-electron chi connectivity index (χ2n) is 6.30. The largest absolute Gasteiger partial charge is 0.497 e. The van der Waals surface area contributed by atoms with Gasteiger partial charge in [-0.3, -0.25) is 4.79 Å². The van der Waals surface area contributed by atoms with Crippen molar-refractivity contribution in [2.45, 2.75) is 0 Å². The smallest absolute Gasteiger partial charge is 0.256 e. The average Bonchev–Trinajstić information content (AvgIpc) is 3.11. The number of carbonyl (C=O) groups excluding carboxylic acids is 1. The minimum absolute atomic E-state index is 0.288. The molecule has 0 saturated carbocycles. The Morgan fingerprint density at radius 1 is 0.931 bits per heavy atom. The lowest BCUT2D eigenvalue weighted by Crippen LogP contribution is -2.13. The Labute approximate surface area is 167 Å². The number of fused-ring (bicyclic) bond motifs is 1. The molecule has 0 fully saturated rings. The molecular weight excluding hydrogens is 370 g/mol. The number of anilines is 1. The lowest BCUT2D eigenvalue weighted by atomic mass is 10.2. The summed E-state index contributed by atoms with van der Waals surface area (Å²) in [5.74, 6) is 2.22. The summed E-state index contributed by atoms with van der Waals surface area (Å²) in [6, 6.07) is 14.4. The second-order valence-corrected chi connectivity index (χ2v) is 6.30. The Morgan fingerprint density at radius 2 is 1.55 bits per heavy atom. The van der Waals surface area contributed by atoms with Gasteiger partial charge in [0, 0.05) is 18.2 Å². The van der Waals surface area contributed by atoms with Gasteiger partial charge in [0.25, 0.3) is 5.91 Å². The highest BCUT2D eigenvalue weighted by atomic mass is 16.5. The van der Waals surface area contributed by atoms with Crippen molar-refractivity contribution in [3.63, 3.8) is 0 Å². The number of ether oxygens (including phenoxy) is 2. The van der Waals surface area contributed by atoms with Crippen molar-refractivity contribution in [3.05, 3.63) is 60.4 Å². The van der Waals surface area contributed by atoms with E-state index < -0.39 is 0 Å². The molecule has 0 unspecified atom stereocenters. The fourth-order valence-corrected chi connectivity index (χ4v) is 3.01. The fraction of sp³-hybridized carbons (Fsp3) is 0.143. The maximum Gasteiger partial charge on any atom is 0.256 e. The Bertz CT molecular complexity index is 1170. The van der Waals surface area contributed by atoms with Crippen molar-refractivity contribution < 1.29 is 14.3 Å². The van der Waals surface area contributed by atoms with Crippen molar-refractivity contribution in [2.75, 3.05) is 19.5 Å². The molecule has 29 heavy (non-hydrogen) atoms. The number of hydrogen-bond acceptors (Lipinski definition) is 6. The van der Waals surface area contributed by atoms with Crippen LogP contribution in [0.1, 0.15) is 10.4 Å². The van der Waals surface area contributed by atoms with E-state index in [0.717, 1.165) is 11.3 Å². The van der Waals surface area contributed by atoms with E-state index in [9.17, 15) is 4.79 Å². The first kappa shape index (κ1) is 18.4. The number of methoxy groups -OCH3 is 2. The van der Waals surface area contributed by atoms with Crippen molar-refractivity contribution >= 4 is 22.9 Å². The van der Waals surface area contributed by atoms with E-state index in [2.05, 4.69) is 20.3 Å². The van der Waals surface area contributed by atoms with Crippen LogP contribution in [-0.2, 0) is 7.05 Å². The third kappa shape index (κ3) is 3.47. The minimum atomic E-state index is -0.288. The number of aryl methyl sites for hydroxylation is 1. The van der Waals surface area contributed by atoms with Crippen molar-refractivity contribution in [2.24, 2.45) is 7.05 Å². The topological polar surface area (TPSA) is 91.2 Å². The summed E-state index contributed by atoms with van der Waals surface area (Å²) >= 11 is 0.